The van der Waals surface area contributed by atoms with Crippen molar-refractivity contribution in [3.8, 4) is 0 Å². The zero-order valence-electron chi connectivity index (χ0n) is 9.89. The highest BCUT2D eigenvalue weighted by Gasteiger charge is 1.98. The van der Waals surface area contributed by atoms with Crippen LogP contribution in [-0.4, -0.2) is 7.05 Å². The van der Waals surface area contributed by atoms with Crippen molar-refractivity contribution < 1.29 is 0 Å². The molecular formula is C13H12N4O. The smallest absolute Gasteiger partial charge is 0.0858 e. The Morgan fingerprint density at radius 3 is 1.94 bits per heavy atom. The van der Waals surface area contributed by atoms with Crippen LogP contribution in [-0.2, 0) is 0 Å². The summed E-state index contributed by atoms with van der Waals surface area (Å²) in [6.45, 7) is 0. The molecule has 0 saturated heterocycles. The minimum absolute atomic E-state index is 0.712. The van der Waals surface area contributed by atoms with Gasteiger partial charge < -0.3 is 0 Å². The molecule has 0 bridgehead atoms. The summed E-state index contributed by atoms with van der Waals surface area (Å²) in [5.74, 6) is 0. The van der Waals surface area contributed by atoms with E-state index in [9.17, 15) is 4.91 Å². The van der Waals surface area contributed by atoms with Gasteiger partial charge in [-0.25, -0.2) is 5.01 Å². The predicted molar refractivity (Wildman–Crippen MR) is 71.3 cm³/mol. The molecule has 2 aromatic rings. The molecule has 0 aliphatic rings. The lowest BCUT2D eigenvalue weighted by molar-refractivity contribution is 1.00. The maximum Gasteiger partial charge on any atom is 0.0858 e. The van der Waals surface area contributed by atoms with Crippen LogP contribution in [0.15, 0.2) is 70.1 Å². The molecule has 0 spiro atoms. The van der Waals surface area contributed by atoms with Crippen LogP contribution in [0.25, 0.3) is 0 Å². The number of nitroso groups, excluding NO2 is 1. The minimum atomic E-state index is 0.712. The predicted octanol–water partition coefficient (Wildman–Crippen LogP) is 4.22. The molecule has 2 rings (SSSR count). The van der Waals surface area contributed by atoms with Crippen molar-refractivity contribution in [1.29, 1.82) is 0 Å². The van der Waals surface area contributed by atoms with E-state index < -0.39 is 0 Å². The van der Waals surface area contributed by atoms with E-state index in [1.807, 2.05) is 30.3 Å². The fraction of sp³-hybridized carbons (Fsp3) is 0.0769. The highest BCUT2D eigenvalue weighted by molar-refractivity contribution is 5.51. The van der Waals surface area contributed by atoms with Gasteiger partial charge in [-0.3, -0.25) is 0 Å². The first kappa shape index (κ1) is 11.9. The van der Waals surface area contributed by atoms with Gasteiger partial charge in [0.15, 0.2) is 0 Å². The van der Waals surface area contributed by atoms with Gasteiger partial charge in [-0.05, 0) is 36.4 Å². The second-order valence-corrected chi connectivity index (χ2v) is 3.66. The molecule has 0 atom stereocenters. The third-order valence-electron chi connectivity index (χ3n) is 2.38. The Balaban J connectivity index is 2.11. The molecule has 0 fully saturated rings. The molecule has 2 aromatic carbocycles. The van der Waals surface area contributed by atoms with Crippen molar-refractivity contribution in [1.82, 2.24) is 0 Å². The Morgan fingerprint density at radius 1 is 0.833 bits per heavy atom. The second kappa shape index (κ2) is 5.67. The number of benzene rings is 2. The van der Waals surface area contributed by atoms with Crippen LogP contribution in [0.3, 0.4) is 0 Å². The number of rotatable bonds is 4. The number of hydrogen-bond donors (Lipinski definition) is 0. The van der Waals surface area contributed by atoms with E-state index in [0.717, 1.165) is 11.4 Å². The number of azo groups is 1. The number of anilines is 1. The summed E-state index contributed by atoms with van der Waals surface area (Å²) in [7, 11) is 1.59. The summed E-state index contributed by atoms with van der Waals surface area (Å²) < 4.78 is 0. The van der Waals surface area contributed by atoms with Gasteiger partial charge in [-0.2, -0.15) is 10.2 Å². The Labute approximate surface area is 105 Å². The molecule has 90 valence electrons. The van der Waals surface area contributed by atoms with Crippen molar-refractivity contribution in [2.24, 2.45) is 15.5 Å². The van der Waals surface area contributed by atoms with Gasteiger partial charge in [-0.15, -0.1) is 4.91 Å². The van der Waals surface area contributed by atoms with E-state index in [0.29, 0.717) is 5.69 Å². The molecule has 0 aromatic heterocycles. The summed E-state index contributed by atoms with van der Waals surface area (Å²) in [5, 5.41) is 12.3. The van der Waals surface area contributed by atoms with Gasteiger partial charge in [0.1, 0.15) is 0 Å². The van der Waals surface area contributed by atoms with Crippen molar-refractivity contribution in [3.05, 3.63) is 59.5 Å². The highest BCUT2D eigenvalue weighted by Crippen LogP contribution is 2.21. The second-order valence-electron chi connectivity index (χ2n) is 3.66. The summed E-state index contributed by atoms with van der Waals surface area (Å²) in [6.07, 6.45) is 0. The van der Waals surface area contributed by atoms with Crippen molar-refractivity contribution >= 4 is 17.1 Å². The fourth-order valence-corrected chi connectivity index (χ4v) is 1.39. The van der Waals surface area contributed by atoms with Crippen LogP contribution in [0.2, 0.25) is 0 Å². The van der Waals surface area contributed by atoms with E-state index in [-0.39, 0.29) is 0 Å². The highest BCUT2D eigenvalue weighted by atomic mass is 16.3. The van der Waals surface area contributed by atoms with Crippen molar-refractivity contribution in [3.63, 3.8) is 0 Å². The lowest BCUT2D eigenvalue weighted by atomic mass is 10.3. The third kappa shape index (κ3) is 2.98. The largest absolute Gasteiger partial charge is 0.232 e. The van der Waals surface area contributed by atoms with Crippen molar-refractivity contribution in [2.75, 3.05) is 12.1 Å². The minimum Gasteiger partial charge on any atom is -0.232 e. The lowest BCUT2D eigenvalue weighted by Crippen LogP contribution is -2.05. The Morgan fingerprint density at radius 2 is 1.39 bits per heavy atom. The van der Waals surface area contributed by atoms with Crippen molar-refractivity contribution in [2.45, 2.75) is 0 Å². The third-order valence-corrected chi connectivity index (χ3v) is 2.38. The van der Waals surface area contributed by atoms with Gasteiger partial charge in [0.05, 0.1) is 22.3 Å². The van der Waals surface area contributed by atoms with E-state index >= 15 is 0 Å². The monoisotopic (exact) mass is 240 g/mol. The van der Waals surface area contributed by atoms with E-state index in [1.54, 1.807) is 31.3 Å². The zero-order chi connectivity index (χ0) is 12.8. The Bertz CT molecular complexity index is 537. The van der Waals surface area contributed by atoms with Crippen LogP contribution in [0.5, 0.6) is 0 Å². The topological polar surface area (TPSA) is 57.4 Å². The Hall–Kier alpha value is -2.56. The zero-order valence-corrected chi connectivity index (χ0v) is 9.89. The maximum atomic E-state index is 10.3. The van der Waals surface area contributed by atoms with Gasteiger partial charge in [0.2, 0.25) is 0 Å². The molecular weight excluding hydrogens is 228 g/mol. The SMILES string of the molecule is CN(N=O)c1ccc(/N=N/c2ccccc2)cc1. The molecule has 0 radical (unpaired) electrons. The van der Waals surface area contributed by atoms with E-state index in [4.69, 9.17) is 0 Å². The van der Waals surface area contributed by atoms with Gasteiger partial charge >= 0.3 is 0 Å². The molecule has 0 N–H and O–H groups in total. The first-order chi connectivity index (χ1) is 8.79. The molecule has 0 aliphatic carbocycles. The van der Waals surface area contributed by atoms with Crippen LogP contribution < -0.4 is 5.01 Å². The lowest BCUT2D eigenvalue weighted by Gasteiger charge is -2.07. The number of hydrogen-bond acceptors (Lipinski definition) is 4. The normalized spacial score (nSPS) is 10.5. The summed E-state index contributed by atoms with van der Waals surface area (Å²) in [5.41, 5.74) is 2.24. The standard InChI is InChI=1S/C13H12N4O/c1-17(16-18)13-9-7-12(8-10-13)15-14-11-5-3-2-4-6-11/h2-10H,1H3/b15-14+. The van der Waals surface area contributed by atoms with Crippen LogP contribution in [0, 0.1) is 4.91 Å². The molecule has 5 nitrogen and oxygen atoms in total. The summed E-state index contributed by atoms with van der Waals surface area (Å²) in [6, 6.07) is 16.6. The molecule has 0 heterocycles. The first-order valence-corrected chi connectivity index (χ1v) is 5.43. The maximum absolute atomic E-state index is 10.3. The molecule has 0 saturated carbocycles. The van der Waals surface area contributed by atoms with Gasteiger partial charge in [0, 0.05) is 7.05 Å². The Kier molecular flexibility index (Phi) is 3.76. The van der Waals surface area contributed by atoms with E-state index in [2.05, 4.69) is 15.5 Å². The molecule has 0 aliphatic heterocycles. The summed E-state index contributed by atoms with van der Waals surface area (Å²) in [4.78, 5) is 10.3. The number of nitrogens with zero attached hydrogens (tertiary/aromatic N) is 4. The molecule has 0 amide bonds. The first-order valence-electron chi connectivity index (χ1n) is 5.43. The van der Waals surface area contributed by atoms with E-state index in [1.165, 1.54) is 5.01 Å². The molecule has 0 unspecified atom stereocenters. The summed E-state index contributed by atoms with van der Waals surface area (Å²) >= 11 is 0. The quantitative estimate of drug-likeness (QED) is 0.456. The van der Waals surface area contributed by atoms with Crippen LogP contribution in [0.4, 0.5) is 17.1 Å². The molecule has 18 heavy (non-hydrogen) atoms. The van der Waals surface area contributed by atoms with Gasteiger partial charge in [-0.1, -0.05) is 18.2 Å². The van der Waals surface area contributed by atoms with Gasteiger partial charge in [0.25, 0.3) is 0 Å². The average Bonchev–Trinajstić information content (AvgIpc) is 2.46. The average molecular weight is 240 g/mol. The van der Waals surface area contributed by atoms with Crippen LogP contribution in [0.1, 0.15) is 0 Å². The van der Waals surface area contributed by atoms with Crippen LogP contribution >= 0.6 is 0 Å². The fourth-order valence-electron chi connectivity index (χ4n) is 1.39. The molecule has 5 heteroatoms.